The van der Waals surface area contributed by atoms with E-state index in [1.165, 1.54) is 22.9 Å². The van der Waals surface area contributed by atoms with Crippen molar-refractivity contribution < 1.29 is 28.9 Å². The number of carbonyl (C=O) groups is 2. The van der Waals surface area contributed by atoms with Gasteiger partial charge >= 0.3 is 6.09 Å². The molecule has 2 aromatic rings. The molecule has 3 atom stereocenters. The summed E-state index contributed by atoms with van der Waals surface area (Å²) in [6.07, 6.45) is 1.08. The van der Waals surface area contributed by atoms with Crippen molar-refractivity contribution in [1.29, 1.82) is 0 Å². The van der Waals surface area contributed by atoms with Crippen LogP contribution in [0.5, 0.6) is 0 Å². The fraction of sp³-hybridized carbons (Fsp3) is 0.591. The molecule has 2 amide bonds. The first-order chi connectivity index (χ1) is 16.9. The summed E-state index contributed by atoms with van der Waals surface area (Å²) in [7, 11) is 2.89. The lowest BCUT2D eigenvalue weighted by molar-refractivity contribution is -0.134. The van der Waals surface area contributed by atoms with Crippen molar-refractivity contribution in [3.8, 4) is 11.8 Å². The number of carbonyl (C=O) groups excluding carboxylic acids is 2. The molecule has 0 bridgehead atoms. The molecule has 188 valence electrons. The van der Waals surface area contributed by atoms with Gasteiger partial charge in [-0.05, 0) is 25.2 Å². The standard InChI is InChI=1S/C22H29N7O6/c1-33-10-4-9-28(22(32)34-2)8-3-5-16-26-18(23)17-19(27-16)29(12-24-17)21-14(30)11-15(35-21)20(31)25-13-6-7-13/h12-15,21,30H,4,6-11H2,1-2H3,(H,25,31)(H2,23,26,27). The van der Waals surface area contributed by atoms with E-state index in [2.05, 4.69) is 32.1 Å². The van der Waals surface area contributed by atoms with Gasteiger partial charge in [0.1, 0.15) is 17.7 Å². The van der Waals surface area contributed by atoms with Crippen LogP contribution < -0.4 is 11.1 Å². The quantitative estimate of drug-likeness (QED) is 0.335. The summed E-state index contributed by atoms with van der Waals surface area (Å²) in [5.41, 5.74) is 6.71. The highest BCUT2D eigenvalue weighted by Gasteiger charge is 2.41. The molecule has 1 saturated carbocycles. The van der Waals surface area contributed by atoms with Gasteiger partial charge in [-0.15, -0.1) is 0 Å². The van der Waals surface area contributed by atoms with E-state index in [4.69, 9.17) is 19.9 Å². The van der Waals surface area contributed by atoms with Gasteiger partial charge in [-0.1, -0.05) is 5.92 Å². The molecule has 3 unspecified atom stereocenters. The Labute approximate surface area is 201 Å². The van der Waals surface area contributed by atoms with Crippen LogP contribution in [0.3, 0.4) is 0 Å². The Morgan fingerprint density at radius 2 is 2.17 bits per heavy atom. The summed E-state index contributed by atoms with van der Waals surface area (Å²) >= 11 is 0. The smallest absolute Gasteiger partial charge is 0.410 e. The second-order valence-corrected chi connectivity index (χ2v) is 8.40. The molecule has 35 heavy (non-hydrogen) atoms. The number of rotatable bonds is 8. The highest BCUT2D eigenvalue weighted by molar-refractivity contribution is 5.83. The molecule has 0 aromatic carbocycles. The van der Waals surface area contributed by atoms with Crippen LogP contribution in [0.1, 0.15) is 37.7 Å². The van der Waals surface area contributed by atoms with Crippen LogP contribution in [0, 0.1) is 11.8 Å². The third-order valence-electron chi connectivity index (χ3n) is 5.71. The number of aromatic nitrogens is 4. The van der Waals surface area contributed by atoms with Gasteiger partial charge in [0.2, 0.25) is 11.7 Å². The zero-order chi connectivity index (χ0) is 24.9. The molecule has 2 fully saturated rings. The minimum Gasteiger partial charge on any atom is -0.453 e. The van der Waals surface area contributed by atoms with E-state index >= 15 is 0 Å². The molecule has 4 rings (SSSR count). The molecule has 13 heteroatoms. The number of nitrogens with one attached hydrogen (secondary N) is 1. The maximum Gasteiger partial charge on any atom is 0.410 e. The number of methoxy groups -OCH3 is 2. The third-order valence-corrected chi connectivity index (χ3v) is 5.71. The van der Waals surface area contributed by atoms with Gasteiger partial charge in [0, 0.05) is 32.7 Å². The normalized spacial score (nSPS) is 21.4. The van der Waals surface area contributed by atoms with Crippen LogP contribution in [-0.2, 0) is 19.0 Å². The molecule has 2 aromatic heterocycles. The fourth-order valence-corrected chi connectivity index (χ4v) is 3.75. The first-order valence-corrected chi connectivity index (χ1v) is 11.4. The summed E-state index contributed by atoms with van der Waals surface area (Å²) in [6.45, 7) is 1.01. The zero-order valence-electron chi connectivity index (χ0n) is 19.6. The molecule has 1 aliphatic carbocycles. The fourth-order valence-electron chi connectivity index (χ4n) is 3.75. The predicted octanol–water partition coefficient (Wildman–Crippen LogP) is -0.208. The molecule has 0 radical (unpaired) electrons. The molecule has 13 nitrogen and oxygen atoms in total. The Morgan fingerprint density at radius 1 is 1.37 bits per heavy atom. The maximum atomic E-state index is 12.4. The molecule has 2 aliphatic rings. The van der Waals surface area contributed by atoms with E-state index < -0.39 is 24.5 Å². The van der Waals surface area contributed by atoms with Gasteiger partial charge in [-0.25, -0.2) is 19.7 Å². The van der Waals surface area contributed by atoms with Gasteiger partial charge in [-0.3, -0.25) is 14.3 Å². The zero-order valence-corrected chi connectivity index (χ0v) is 19.6. The number of nitrogens with zero attached hydrogens (tertiary/aromatic N) is 5. The number of aliphatic hydroxyl groups excluding tert-OH is 1. The van der Waals surface area contributed by atoms with Crippen LogP contribution in [-0.4, -0.2) is 93.7 Å². The third kappa shape index (κ3) is 5.79. The van der Waals surface area contributed by atoms with E-state index in [0.29, 0.717) is 30.7 Å². The Kier molecular flexibility index (Phi) is 7.64. The van der Waals surface area contributed by atoms with E-state index in [0.717, 1.165) is 12.8 Å². The second-order valence-electron chi connectivity index (χ2n) is 8.40. The van der Waals surface area contributed by atoms with Gasteiger partial charge < -0.3 is 30.4 Å². The molecule has 1 aliphatic heterocycles. The SMILES string of the molecule is COCCCN(CC#Cc1nc(N)c2ncn(C3OC(C(=O)NC4CC4)CC3O)c2n1)C(=O)OC. The molecular weight excluding hydrogens is 458 g/mol. The number of nitrogen functional groups attached to an aromatic ring is 1. The monoisotopic (exact) mass is 487 g/mol. The number of fused-ring (bicyclic) bond motifs is 1. The summed E-state index contributed by atoms with van der Waals surface area (Å²) in [5, 5.41) is 13.5. The number of aliphatic hydroxyl groups is 1. The lowest BCUT2D eigenvalue weighted by Crippen LogP contribution is -2.35. The minimum atomic E-state index is -0.936. The summed E-state index contributed by atoms with van der Waals surface area (Å²) in [5.74, 6) is 5.67. The average Bonchev–Trinajstić information content (AvgIpc) is 3.41. The molecular formula is C22H29N7O6. The Bertz CT molecular complexity index is 1140. The second kappa shape index (κ2) is 10.9. The number of ether oxygens (including phenoxy) is 3. The van der Waals surface area contributed by atoms with Crippen molar-refractivity contribution in [2.75, 3.05) is 39.6 Å². The van der Waals surface area contributed by atoms with Gasteiger partial charge in [-0.2, -0.15) is 0 Å². The largest absolute Gasteiger partial charge is 0.453 e. The molecule has 1 saturated heterocycles. The highest BCUT2D eigenvalue weighted by Crippen LogP contribution is 2.32. The van der Waals surface area contributed by atoms with Gasteiger partial charge in [0.15, 0.2) is 17.7 Å². The van der Waals surface area contributed by atoms with Crippen LogP contribution in [0.4, 0.5) is 10.6 Å². The number of nitrogens with two attached hydrogens (primary N) is 1. The van der Waals surface area contributed by atoms with Crippen LogP contribution in [0.15, 0.2) is 6.33 Å². The van der Waals surface area contributed by atoms with Gasteiger partial charge in [0.05, 0.1) is 20.0 Å². The lowest BCUT2D eigenvalue weighted by atomic mass is 10.2. The van der Waals surface area contributed by atoms with Crippen molar-refractivity contribution in [2.45, 2.75) is 50.2 Å². The van der Waals surface area contributed by atoms with Crippen LogP contribution >= 0.6 is 0 Å². The molecule has 4 N–H and O–H groups in total. The number of anilines is 1. The minimum absolute atomic E-state index is 0.0964. The van der Waals surface area contributed by atoms with Crippen molar-refractivity contribution in [1.82, 2.24) is 29.7 Å². The van der Waals surface area contributed by atoms with E-state index in [1.54, 1.807) is 7.11 Å². The predicted molar refractivity (Wildman–Crippen MR) is 123 cm³/mol. The van der Waals surface area contributed by atoms with Crippen LogP contribution in [0.2, 0.25) is 0 Å². The topological polar surface area (TPSA) is 167 Å². The lowest BCUT2D eigenvalue weighted by Gasteiger charge is -2.18. The van der Waals surface area contributed by atoms with E-state index in [9.17, 15) is 14.7 Å². The molecule has 0 spiro atoms. The maximum absolute atomic E-state index is 12.4. The van der Waals surface area contributed by atoms with Crippen LogP contribution in [0.25, 0.3) is 11.2 Å². The summed E-state index contributed by atoms with van der Waals surface area (Å²) < 4.78 is 17.2. The van der Waals surface area contributed by atoms with Crippen molar-refractivity contribution in [2.24, 2.45) is 0 Å². The van der Waals surface area contributed by atoms with E-state index in [1.807, 2.05) is 0 Å². The summed E-state index contributed by atoms with van der Waals surface area (Å²) in [6, 6.07) is 0.195. The summed E-state index contributed by atoms with van der Waals surface area (Å²) in [4.78, 5) is 38.6. The van der Waals surface area contributed by atoms with Crippen molar-refractivity contribution >= 4 is 29.0 Å². The highest BCUT2D eigenvalue weighted by atomic mass is 16.5. The average molecular weight is 488 g/mol. The van der Waals surface area contributed by atoms with Gasteiger partial charge in [0.25, 0.3) is 0 Å². The van der Waals surface area contributed by atoms with Crippen molar-refractivity contribution in [3.63, 3.8) is 0 Å². The number of amides is 2. The number of hydrogen-bond donors (Lipinski definition) is 3. The first-order valence-electron chi connectivity index (χ1n) is 11.4. The Balaban J connectivity index is 1.51. The first kappa shape index (κ1) is 24.6. The number of imidazole rings is 1. The number of hydrogen-bond acceptors (Lipinski definition) is 10. The van der Waals surface area contributed by atoms with E-state index in [-0.39, 0.29) is 36.6 Å². The van der Waals surface area contributed by atoms with Crippen molar-refractivity contribution in [3.05, 3.63) is 12.2 Å². The Hall–Kier alpha value is -3.47. The molecule has 3 heterocycles. The Morgan fingerprint density at radius 3 is 2.89 bits per heavy atom.